The van der Waals surface area contributed by atoms with Crippen molar-refractivity contribution < 1.29 is 9.47 Å². The topological polar surface area (TPSA) is 57.4 Å². The lowest BCUT2D eigenvalue weighted by Crippen LogP contribution is -1.93. The van der Waals surface area contributed by atoms with Gasteiger partial charge in [0.2, 0.25) is 0 Å². The lowest BCUT2D eigenvalue weighted by Gasteiger charge is -2.09. The first-order chi connectivity index (χ1) is 7.79. The molecule has 2 aromatic rings. The summed E-state index contributed by atoms with van der Waals surface area (Å²) < 4.78 is 10.6. The highest BCUT2D eigenvalue weighted by Gasteiger charge is 2.03. The van der Waals surface area contributed by atoms with Gasteiger partial charge in [-0.2, -0.15) is 0 Å². The number of pyridine rings is 1. The van der Waals surface area contributed by atoms with E-state index in [-0.39, 0.29) is 0 Å². The predicted octanol–water partition coefficient (Wildman–Crippen LogP) is 2.46. The maximum Gasteiger partial charge on any atom is 0.150 e. The summed E-state index contributed by atoms with van der Waals surface area (Å²) in [7, 11) is 1.59. The molecule has 2 N–H and O–H groups in total. The van der Waals surface area contributed by atoms with Gasteiger partial charge in [-0.25, -0.2) is 0 Å². The van der Waals surface area contributed by atoms with Gasteiger partial charge >= 0.3 is 0 Å². The third-order valence-corrected chi connectivity index (χ3v) is 2.08. The summed E-state index contributed by atoms with van der Waals surface area (Å²) in [4.78, 5) is 3.95. The van der Waals surface area contributed by atoms with Gasteiger partial charge in [0.15, 0.2) is 5.75 Å². The van der Waals surface area contributed by atoms with Gasteiger partial charge in [0.1, 0.15) is 11.5 Å². The van der Waals surface area contributed by atoms with Crippen LogP contribution in [0.25, 0.3) is 0 Å². The van der Waals surface area contributed by atoms with Crippen molar-refractivity contribution in [3.8, 4) is 17.2 Å². The van der Waals surface area contributed by atoms with E-state index >= 15 is 0 Å². The molecule has 2 rings (SSSR count). The smallest absolute Gasteiger partial charge is 0.150 e. The molecule has 0 aliphatic heterocycles. The number of aromatic nitrogens is 1. The van der Waals surface area contributed by atoms with E-state index in [4.69, 9.17) is 15.2 Å². The lowest BCUT2D eigenvalue weighted by molar-refractivity contribution is 0.413. The second-order valence-electron chi connectivity index (χ2n) is 3.19. The third-order valence-electron chi connectivity index (χ3n) is 2.08. The van der Waals surface area contributed by atoms with Crippen molar-refractivity contribution in [1.29, 1.82) is 0 Å². The van der Waals surface area contributed by atoms with Crippen LogP contribution in [0.3, 0.4) is 0 Å². The van der Waals surface area contributed by atoms with E-state index in [2.05, 4.69) is 4.98 Å². The molecule has 0 spiro atoms. The van der Waals surface area contributed by atoms with E-state index in [9.17, 15) is 0 Å². The molecule has 0 radical (unpaired) electrons. The third kappa shape index (κ3) is 2.23. The van der Waals surface area contributed by atoms with Crippen LogP contribution in [0.5, 0.6) is 17.2 Å². The minimum Gasteiger partial charge on any atom is -0.497 e. The molecule has 0 amide bonds. The molecule has 1 heterocycles. The number of hydrogen-bond donors (Lipinski definition) is 1. The van der Waals surface area contributed by atoms with E-state index in [1.54, 1.807) is 43.8 Å². The number of ether oxygens (including phenoxy) is 2. The van der Waals surface area contributed by atoms with E-state index in [1.165, 1.54) is 0 Å². The Kier molecular flexibility index (Phi) is 2.91. The first-order valence-corrected chi connectivity index (χ1v) is 4.81. The second-order valence-corrected chi connectivity index (χ2v) is 3.19. The molecule has 0 saturated carbocycles. The largest absolute Gasteiger partial charge is 0.497 e. The van der Waals surface area contributed by atoms with Gasteiger partial charge in [-0.3, -0.25) is 4.98 Å². The molecule has 16 heavy (non-hydrogen) atoms. The molecule has 82 valence electrons. The van der Waals surface area contributed by atoms with E-state index in [0.29, 0.717) is 22.9 Å². The number of hydrogen-bond acceptors (Lipinski definition) is 4. The summed E-state index contributed by atoms with van der Waals surface area (Å²) in [6.45, 7) is 0. The number of nitrogen functional groups attached to an aromatic ring is 1. The molecule has 0 aliphatic carbocycles. The molecule has 1 aromatic heterocycles. The Morgan fingerprint density at radius 2 is 2.06 bits per heavy atom. The summed E-state index contributed by atoms with van der Waals surface area (Å²) in [6.07, 6.45) is 3.31. The molecular formula is C12H12N2O2. The quantitative estimate of drug-likeness (QED) is 0.801. The standard InChI is InChI=1S/C12H12N2O2/c1-15-9-4-5-12(11(13)7-9)16-10-3-2-6-14-8-10/h2-8H,13H2,1H3. The van der Waals surface area contributed by atoms with Crippen molar-refractivity contribution in [3.05, 3.63) is 42.7 Å². The van der Waals surface area contributed by atoms with Crippen LogP contribution in [-0.2, 0) is 0 Å². The van der Waals surface area contributed by atoms with Gasteiger partial charge < -0.3 is 15.2 Å². The number of benzene rings is 1. The fourth-order valence-corrected chi connectivity index (χ4v) is 1.28. The Balaban J connectivity index is 2.22. The molecule has 4 nitrogen and oxygen atoms in total. The number of nitrogens with zero attached hydrogens (tertiary/aromatic N) is 1. The summed E-state index contributed by atoms with van der Waals surface area (Å²) in [5.74, 6) is 1.95. The minimum atomic E-state index is 0.531. The fraction of sp³-hybridized carbons (Fsp3) is 0.0833. The molecule has 0 fully saturated rings. The molecule has 0 atom stereocenters. The fourth-order valence-electron chi connectivity index (χ4n) is 1.28. The average molecular weight is 216 g/mol. The van der Waals surface area contributed by atoms with Gasteiger partial charge in [-0.15, -0.1) is 0 Å². The van der Waals surface area contributed by atoms with Crippen LogP contribution in [0.2, 0.25) is 0 Å². The molecule has 0 bridgehead atoms. The summed E-state index contributed by atoms with van der Waals surface area (Å²) >= 11 is 0. The molecule has 0 aliphatic rings. The summed E-state index contributed by atoms with van der Waals surface area (Å²) in [5, 5.41) is 0. The Morgan fingerprint density at radius 1 is 1.19 bits per heavy atom. The predicted molar refractivity (Wildman–Crippen MR) is 61.7 cm³/mol. The van der Waals surface area contributed by atoms with Crippen molar-refractivity contribution in [2.24, 2.45) is 0 Å². The van der Waals surface area contributed by atoms with Crippen molar-refractivity contribution >= 4 is 5.69 Å². The summed E-state index contributed by atoms with van der Waals surface area (Å²) in [6, 6.07) is 8.89. The van der Waals surface area contributed by atoms with Crippen molar-refractivity contribution in [1.82, 2.24) is 4.98 Å². The first kappa shape index (κ1) is 10.3. The van der Waals surface area contributed by atoms with Gasteiger partial charge in [0, 0.05) is 12.3 Å². The minimum absolute atomic E-state index is 0.531. The SMILES string of the molecule is COc1ccc(Oc2cccnc2)c(N)c1. The van der Waals surface area contributed by atoms with Crippen LogP contribution in [0.4, 0.5) is 5.69 Å². The molecule has 0 unspecified atom stereocenters. The number of anilines is 1. The molecule has 4 heteroatoms. The lowest BCUT2D eigenvalue weighted by atomic mass is 10.3. The normalized spacial score (nSPS) is 9.81. The summed E-state index contributed by atoms with van der Waals surface area (Å²) in [5.41, 5.74) is 6.35. The van der Waals surface area contributed by atoms with Crippen LogP contribution >= 0.6 is 0 Å². The van der Waals surface area contributed by atoms with E-state index in [1.807, 2.05) is 6.07 Å². The molecule has 0 saturated heterocycles. The molecule has 1 aromatic carbocycles. The number of rotatable bonds is 3. The van der Waals surface area contributed by atoms with Gasteiger partial charge in [-0.1, -0.05) is 0 Å². The van der Waals surface area contributed by atoms with Gasteiger partial charge in [0.05, 0.1) is 19.0 Å². The van der Waals surface area contributed by atoms with E-state index < -0.39 is 0 Å². The monoisotopic (exact) mass is 216 g/mol. The van der Waals surface area contributed by atoms with Crippen LogP contribution in [-0.4, -0.2) is 12.1 Å². The molecular weight excluding hydrogens is 204 g/mol. The van der Waals surface area contributed by atoms with Crippen LogP contribution in [0, 0.1) is 0 Å². The Bertz CT molecular complexity index is 472. The highest BCUT2D eigenvalue weighted by molar-refractivity contribution is 5.57. The van der Waals surface area contributed by atoms with Crippen molar-refractivity contribution in [2.75, 3.05) is 12.8 Å². The van der Waals surface area contributed by atoms with Crippen LogP contribution in [0.1, 0.15) is 0 Å². The van der Waals surface area contributed by atoms with Crippen LogP contribution in [0.15, 0.2) is 42.7 Å². The second kappa shape index (κ2) is 4.53. The Labute approximate surface area is 93.6 Å². The maximum atomic E-state index is 5.82. The first-order valence-electron chi connectivity index (χ1n) is 4.81. The zero-order valence-corrected chi connectivity index (χ0v) is 8.88. The van der Waals surface area contributed by atoms with Crippen LogP contribution < -0.4 is 15.2 Å². The van der Waals surface area contributed by atoms with Gasteiger partial charge in [-0.05, 0) is 24.3 Å². The average Bonchev–Trinajstić information content (AvgIpc) is 2.33. The zero-order chi connectivity index (χ0) is 11.4. The van der Waals surface area contributed by atoms with E-state index in [0.717, 1.165) is 0 Å². The van der Waals surface area contributed by atoms with Gasteiger partial charge in [0.25, 0.3) is 0 Å². The highest BCUT2D eigenvalue weighted by atomic mass is 16.5. The maximum absolute atomic E-state index is 5.82. The van der Waals surface area contributed by atoms with Crippen molar-refractivity contribution in [3.63, 3.8) is 0 Å². The van der Waals surface area contributed by atoms with Crippen molar-refractivity contribution in [2.45, 2.75) is 0 Å². The Morgan fingerprint density at radius 3 is 2.69 bits per heavy atom. The zero-order valence-electron chi connectivity index (χ0n) is 8.88. The Hall–Kier alpha value is -2.23. The number of methoxy groups -OCH3 is 1. The number of nitrogens with two attached hydrogens (primary N) is 1. The highest BCUT2D eigenvalue weighted by Crippen LogP contribution is 2.29.